The molecule has 2 atom stereocenters. The summed E-state index contributed by atoms with van der Waals surface area (Å²) >= 11 is 0. The Morgan fingerprint density at radius 1 is 0.220 bits per heavy atom. The van der Waals surface area contributed by atoms with Gasteiger partial charge in [0.15, 0.2) is 0 Å². The topological polar surface area (TPSA) is 0 Å². The summed E-state index contributed by atoms with van der Waals surface area (Å²) in [4.78, 5) is 0. The zero-order valence-electron chi connectivity index (χ0n) is 27.6. The number of rotatable bonds is 5. The molecule has 2 unspecified atom stereocenters. The van der Waals surface area contributed by atoms with E-state index in [-0.39, 0.29) is 11.8 Å². The lowest BCUT2D eigenvalue weighted by atomic mass is 9.85. The summed E-state index contributed by atoms with van der Waals surface area (Å²) in [6.45, 7) is 0. The molecule has 234 valence electrons. The lowest BCUT2D eigenvalue weighted by Crippen LogP contribution is -2.00. The molecule has 50 heavy (non-hydrogen) atoms. The Labute approximate surface area is 294 Å². The van der Waals surface area contributed by atoms with Crippen LogP contribution in [0.25, 0.3) is 55.6 Å². The molecule has 0 aromatic heterocycles. The Kier molecular flexibility index (Phi) is 6.74. The van der Waals surface area contributed by atoms with E-state index in [1.807, 2.05) is 0 Å². The van der Waals surface area contributed by atoms with Gasteiger partial charge in [0.05, 0.1) is 0 Å². The van der Waals surface area contributed by atoms with Crippen LogP contribution in [-0.4, -0.2) is 0 Å². The first-order valence-electron chi connectivity index (χ1n) is 17.6. The molecule has 0 bridgehead atoms. The van der Waals surface area contributed by atoms with Crippen molar-refractivity contribution in [1.29, 1.82) is 0 Å². The first-order chi connectivity index (χ1) is 24.8. The fourth-order valence-corrected chi connectivity index (χ4v) is 8.54. The van der Waals surface area contributed by atoms with E-state index in [4.69, 9.17) is 0 Å². The molecule has 0 fully saturated rings. The van der Waals surface area contributed by atoms with Crippen LogP contribution in [0.5, 0.6) is 0 Å². The molecule has 0 heterocycles. The largest absolute Gasteiger partial charge is 0.0622 e. The van der Waals surface area contributed by atoms with Crippen molar-refractivity contribution in [1.82, 2.24) is 0 Å². The Morgan fingerprint density at radius 2 is 0.620 bits per heavy atom. The summed E-state index contributed by atoms with van der Waals surface area (Å²) in [5.74, 6) is 0.413. The summed E-state index contributed by atoms with van der Waals surface area (Å²) in [7, 11) is 0. The Bertz CT molecular complexity index is 2470. The molecule has 0 heteroatoms. The van der Waals surface area contributed by atoms with Gasteiger partial charge in [0, 0.05) is 11.8 Å². The van der Waals surface area contributed by atoms with Gasteiger partial charge in [-0.1, -0.05) is 176 Å². The standard InChI is InChI=1S/C50H34/c1-4-14-33(15-5-1)38-28-39(34-16-6-2-7-17-34)30-40(29-38)50-44-23-13-11-21-42(44)48-32-37(25-27-46(48)50)36-24-26-45-47(31-36)41-20-10-12-22-43(41)49(45)35-18-8-3-9-19-35/h1-32,49-50H. The van der Waals surface area contributed by atoms with Gasteiger partial charge in [-0.3, -0.25) is 0 Å². The van der Waals surface area contributed by atoms with Crippen molar-refractivity contribution in [3.8, 4) is 55.6 Å². The molecule has 0 saturated carbocycles. The molecule has 0 amide bonds. The molecule has 2 aliphatic carbocycles. The average Bonchev–Trinajstić information content (AvgIpc) is 3.71. The van der Waals surface area contributed by atoms with Gasteiger partial charge in [-0.25, -0.2) is 0 Å². The second-order valence-corrected chi connectivity index (χ2v) is 13.6. The van der Waals surface area contributed by atoms with E-state index in [0.717, 1.165) is 0 Å². The highest BCUT2D eigenvalue weighted by molar-refractivity contribution is 5.88. The maximum absolute atomic E-state index is 2.44. The van der Waals surface area contributed by atoms with Gasteiger partial charge in [0.25, 0.3) is 0 Å². The molecule has 0 aliphatic heterocycles. The van der Waals surface area contributed by atoms with Crippen molar-refractivity contribution in [2.45, 2.75) is 11.8 Å². The van der Waals surface area contributed by atoms with Gasteiger partial charge in [-0.05, 0) is 107 Å². The highest BCUT2D eigenvalue weighted by atomic mass is 14.3. The van der Waals surface area contributed by atoms with Gasteiger partial charge in [0.1, 0.15) is 0 Å². The van der Waals surface area contributed by atoms with E-state index in [9.17, 15) is 0 Å². The molecule has 0 spiro atoms. The maximum Gasteiger partial charge on any atom is 0.0352 e. The van der Waals surface area contributed by atoms with Gasteiger partial charge in [0.2, 0.25) is 0 Å². The second-order valence-electron chi connectivity index (χ2n) is 13.6. The zero-order chi connectivity index (χ0) is 33.0. The maximum atomic E-state index is 2.44. The fourth-order valence-electron chi connectivity index (χ4n) is 8.54. The van der Waals surface area contributed by atoms with E-state index < -0.39 is 0 Å². The molecule has 2 aliphatic rings. The molecule has 10 rings (SSSR count). The summed E-state index contributed by atoms with van der Waals surface area (Å²) in [6, 6.07) is 71.9. The molecule has 0 radical (unpaired) electrons. The van der Waals surface area contributed by atoms with Gasteiger partial charge in [-0.2, -0.15) is 0 Å². The molecular weight excluding hydrogens is 601 g/mol. The average molecular weight is 635 g/mol. The first-order valence-corrected chi connectivity index (χ1v) is 17.6. The normalized spacial score (nSPS) is 15.2. The van der Waals surface area contributed by atoms with Gasteiger partial charge in [-0.15, -0.1) is 0 Å². The Morgan fingerprint density at radius 3 is 1.12 bits per heavy atom. The van der Waals surface area contributed by atoms with Crippen molar-refractivity contribution in [3.05, 3.63) is 228 Å². The van der Waals surface area contributed by atoms with Crippen molar-refractivity contribution < 1.29 is 0 Å². The van der Waals surface area contributed by atoms with Crippen molar-refractivity contribution >= 4 is 0 Å². The molecule has 0 N–H and O–H groups in total. The predicted molar refractivity (Wildman–Crippen MR) is 208 cm³/mol. The lowest BCUT2D eigenvalue weighted by molar-refractivity contribution is 1.01. The quantitative estimate of drug-likeness (QED) is 0.177. The molecule has 0 nitrogen and oxygen atoms in total. The molecule has 8 aromatic rings. The third kappa shape index (κ3) is 4.68. The Hall–Kier alpha value is -6.24. The minimum Gasteiger partial charge on any atom is -0.0622 e. The highest BCUT2D eigenvalue weighted by Gasteiger charge is 2.32. The van der Waals surface area contributed by atoms with Crippen LogP contribution < -0.4 is 0 Å². The summed E-state index contributed by atoms with van der Waals surface area (Å²) < 4.78 is 0. The lowest BCUT2D eigenvalue weighted by Gasteiger charge is -2.18. The Balaban J connectivity index is 1.10. The minimum atomic E-state index is 0.153. The van der Waals surface area contributed by atoms with Crippen molar-refractivity contribution in [2.75, 3.05) is 0 Å². The van der Waals surface area contributed by atoms with Crippen LogP contribution in [0.15, 0.2) is 194 Å². The number of fused-ring (bicyclic) bond motifs is 6. The number of hydrogen-bond acceptors (Lipinski definition) is 0. The predicted octanol–water partition coefficient (Wildman–Crippen LogP) is 13.0. The smallest absolute Gasteiger partial charge is 0.0352 e. The van der Waals surface area contributed by atoms with E-state index in [1.54, 1.807) is 0 Å². The summed E-state index contributed by atoms with van der Waals surface area (Å²) in [5.41, 5.74) is 21.0. The van der Waals surface area contributed by atoms with Gasteiger partial charge >= 0.3 is 0 Å². The summed E-state index contributed by atoms with van der Waals surface area (Å²) in [6.07, 6.45) is 0. The molecule has 8 aromatic carbocycles. The van der Waals surface area contributed by atoms with E-state index in [1.165, 1.54) is 89.0 Å². The summed E-state index contributed by atoms with van der Waals surface area (Å²) in [5, 5.41) is 0. The molecule has 0 saturated heterocycles. The third-order valence-corrected chi connectivity index (χ3v) is 10.8. The van der Waals surface area contributed by atoms with Crippen LogP contribution in [0.3, 0.4) is 0 Å². The van der Waals surface area contributed by atoms with Crippen LogP contribution in [0.2, 0.25) is 0 Å². The zero-order valence-corrected chi connectivity index (χ0v) is 27.6. The minimum absolute atomic E-state index is 0.153. The van der Waals surface area contributed by atoms with E-state index >= 15 is 0 Å². The van der Waals surface area contributed by atoms with E-state index in [0.29, 0.717) is 0 Å². The van der Waals surface area contributed by atoms with Crippen LogP contribution in [0.4, 0.5) is 0 Å². The molecular formula is C50H34. The van der Waals surface area contributed by atoms with Crippen molar-refractivity contribution in [2.24, 2.45) is 0 Å². The fraction of sp³-hybridized carbons (Fsp3) is 0.0400. The van der Waals surface area contributed by atoms with Crippen LogP contribution in [-0.2, 0) is 0 Å². The second kappa shape index (κ2) is 11.7. The number of benzene rings is 8. The number of hydrogen-bond donors (Lipinski definition) is 0. The van der Waals surface area contributed by atoms with Crippen molar-refractivity contribution in [3.63, 3.8) is 0 Å². The highest BCUT2D eigenvalue weighted by Crippen LogP contribution is 2.52. The van der Waals surface area contributed by atoms with Gasteiger partial charge < -0.3 is 0 Å². The SMILES string of the molecule is c1ccc(-c2cc(-c3ccccc3)cc(C3c4ccccc4-c4cc(-c5ccc6c(c5)-c5ccccc5C6c5ccccc5)ccc43)c2)cc1. The van der Waals surface area contributed by atoms with Crippen LogP contribution >= 0.6 is 0 Å². The third-order valence-electron chi connectivity index (χ3n) is 10.8. The first kappa shape index (κ1) is 28.7. The van der Waals surface area contributed by atoms with E-state index in [2.05, 4.69) is 194 Å². The van der Waals surface area contributed by atoms with Crippen LogP contribution in [0, 0.1) is 0 Å². The van der Waals surface area contributed by atoms with Crippen LogP contribution in [0.1, 0.15) is 45.2 Å². The monoisotopic (exact) mass is 634 g/mol.